The third kappa shape index (κ3) is 6.65. The maximum atomic E-state index is 11.3. The molecule has 1 amide bonds. The number of aliphatic hydroxyl groups is 1. The molecule has 1 rings (SSSR count). The average Bonchev–Trinajstić information content (AvgIpc) is 2.98. The van der Waals surface area contributed by atoms with Gasteiger partial charge in [-0.3, -0.25) is 10.1 Å². The lowest BCUT2D eigenvalue weighted by Gasteiger charge is -2.23. The van der Waals surface area contributed by atoms with Crippen LogP contribution in [0.3, 0.4) is 0 Å². The highest BCUT2D eigenvalue weighted by Crippen LogP contribution is 2.01. The Morgan fingerprint density at radius 3 is 2.85 bits per heavy atom. The van der Waals surface area contributed by atoms with Gasteiger partial charge in [0.2, 0.25) is 5.91 Å². The van der Waals surface area contributed by atoms with Crippen LogP contribution in [0.25, 0.3) is 0 Å². The van der Waals surface area contributed by atoms with Crippen molar-refractivity contribution >= 4 is 5.91 Å². The Hall–Kier alpha value is -1.44. The van der Waals surface area contributed by atoms with Crippen LogP contribution in [0.4, 0.5) is 0 Å². The number of imidazole rings is 1. The first-order valence-corrected chi connectivity index (χ1v) is 6.91. The summed E-state index contributed by atoms with van der Waals surface area (Å²) in [6.45, 7) is 2.26. The van der Waals surface area contributed by atoms with E-state index < -0.39 is 6.23 Å². The molecule has 1 unspecified atom stereocenters. The van der Waals surface area contributed by atoms with Gasteiger partial charge in [0.25, 0.3) is 0 Å². The van der Waals surface area contributed by atoms with Crippen LogP contribution in [0.15, 0.2) is 12.5 Å². The van der Waals surface area contributed by atoms with Gasteiger partial charge in [0.15, 0.2) is 0 Å². The summed E-state index contributed by atoms with van der Waals surface area (Å²) in [5.74, 6) is 0.0331. The van der Waals surface area contributed by atoms with Gasteiger partial charge >= 0.3 is 0 Å². The standard InChI is InChI=1S/C13H25N5O2/c1-14-12(19)4-7-18(8-5-13(20)15-2)6-3-11-9-16-10-17-11/h9-10,12,14,19H,3-8H2,1-2H3,(H,15,20)(H,16,17). The molecule has 0 saturated carbocycles. The summed E-state index contributed by atoms with van der Waals surface area (Å²) in [5, 5.41) is 15.0. The van der Waals surface area contributed by atoms with E-state index in [0.717, 1.165) is 25.2 Å². The van der Waals surface area contributed by atoms with Crippen LogP contribution in [0.2, 0.25) is 0 Å². The van der Waals surface area contributed by atoms with E-state index in [0.29, 0.717) is 19.4 Å². The van der Waals surface area contributed by atoms with E-state index in [1.807, 2.05) is 0 Å². The molecular formula is C13H25N5O2. The maximum absolute atomic E-state index is 11.3. The number of rotatable bonds is 10. The number of hydrogen-bond donors (Lipinski definition) is 4. The van der Waals surface area contributed by atoms with Crippen LogP contribution in [-0.4, -0.2) is 65.8 Å². The molecule has 0 bridgehead atoms. The number of aromatic amines is 1. The van der Waals surface area contributed by atoms with Crippen LogP contribution in [0, 0.1) is 0 Å². The van der Waals surface area contributed by atoms with Crippen LogP contribution in [-0.2, 0) is 11.2 Å². The molecule has 1 atom stereocenters. The zero-order chi connectivity index (χ0) is 14.8. The Bertz CT molecular complexity index is 369. The SMILES string of the molecule is CNC(=O)CCN(CCc1cnc[nH]1)CCC(O)NC. The highest BCUT2D eigenvalue weighted by molar-refractivity contribution is 5.75. The van der Waals surface area contributed by atoms with Crippen LogP contribution in [0.5, 0.6) is 0 Å². The highest BCUT2D eigenvalue weighted by atomic mass is 16.3. The van der Waals surface area contributed by atoms with E-state index in [2.05, 4.69) is 25.5 Å². The van der Waals surface area contributed by atoms with Gasteiger partial charge in [-0.2, -0.15) is 0 Å². The van der Waals surface area contributed by atoms with Gasteiger partial charge in [0, 0.05) is 51.4 Å². The Morgan fingerprint density at radius 2 is 2.25 bits per heavy atom. The second-order valence-electron chi connectivity index (χ2n) is 4.68. The molecule has 1 aromatic heterocycles. The van der Waals surface area contributed by atoms with E-state index in [1.165, 1.54) is 0 Å². The monoisotopic (exact) mass is 283 g/mol. The first-order chi connectivity index (χ1) is 9.65. The summed E-state index contributed by atoms with van der Waals surface area (Å²) in [6, 6.07) is 0. The van der Waals surface area contributed by atoms with Gasteiger partial charge in [0.05, 0.1) is 6.33 Å². The molecule has 7 nitrogen and oxygen atoms in total. The van der Waals surface area contributed by atoms with Crippen molar-refractivity contribution in [2.24, 2.45) is 0 Å². The van der Waals surface area contributed by atoms with Crippen molar-refractivity contribution in [1.82, 2.24) is 25.5 Å². The molecule has 0 aromatic carbocycles. The minimum absolute atomic E-state index is 0.0331. The fourth-order valence-corrected chi connectivity index (χ4v) is 1.87. The summed E-state index contributed by atoms with van der Waals surface area (Å²) < 4.78 is 0. The first-order valence-electron chi connectivity index (χ1n) is 6.91. The molecular weight excluding hydrogens is 258 g/mol. The van der Waals surface area contributed by atoms with Crippen molar-refractivity contribution in [3.8, 4) is 0 Å². The lowest BCUT2D eigenvalue weighted by molar-refractivity contribution is -0.120. The fraction of sp³-hybridized carbons (Fsp3) is 0.692. The fourth-order valence-electron chi connectivity index (χ4n) is 1.87. The smallest absolute Gasteiger partial charge is 0.221 e. The highest BCUT2D eigenvalue weighted by Gasteiger charge is 2.10. The summed E-state index contributed by atoms with van der Waals surface area (Å²) in [4.78, 5) is 20.6. The van der Waals surface area contributed by atoms with Crippen molar-refractivity contribution < 1.29 is 9.90 Å². The van der Waals surface area contributed by atoms with Crippen molar-refractivity contribution in [1.29, 1.82) is 0 Å². The number of nitrogens with one attached hydrogen (secondary N) is 3. The molecule has 0 saturated heterocycles. The van der Waals surface area contributed by atoms with E-state index in [-0.39, 0.29) is 5.91 Å². The van der Waals surface area contributed by atoms with Crippen molar-refractivity contribution in [2.75, 3.05) is 33.7 Å². The van der Waals surface area contributed by atoms with Gasteiger partial charge in [-0.05, 0) is 13.5 Å². The second kappa shape index (κ2) is 9.46. The lowest BCUT2D eigenvalue weighted by Crippen LogP contribution is -2.35. The molecule has 0 aliphatic heterocycles. The summed E-state index contributed by atoms with van der Waals surface area (Å²) >= 11 is 0. The average molecular weight is 283 g/mol. The first kappa shape index (κ1) is 16.6. The molecule has 7 heteroatoms. The van der Waals surface area contributed by atoms with Crippen molar-refractivity contribution in [3.63, 3.8) is 0 Å². The number of aliphatic hydroxyl groups excluding tert-OH is 1. The number of nitrogens with zero attached hydrogens (tertiary/aromatic N) is 2. The molecule has 1 heterocycles. The third-order valence-corrected chi connectivity index (χ3v) is 3.24. The number of carbonyl (C=O) groups is 1. The third-order valence-electron chi connectivity index (χ3n) is 3.24. The van der Waals surface area contributed by atoms with Crippen LogP contribution < -0.4 is 10.6 Å². The van der Waals surface area contributed by atoms with Gasteiger partial charge < -0.3 is 20.3 Å². The number of amides is 1. The molecule has 20 heavy (non-hydrogen) atoms. The molecule has 0 aliphatic carbocycles. The summed E-state index contributed by atoms with van der Waals surface area (Å²) in [7, 11) is 3.37. The minimum Gasteiger partial charge on any atom is -0.379 e. The number of hydrogen-bond acceptors (Lipinski definition) is 5. The Morgan fingerprint density at radius 1 is 1.45 bits per heavy atom. The number of carbonyl (C=O) groups excluding carboxylic acids is 1. The Balaban J connectivity index is 2.38. The zero-order valence-electron chi connectivity index (χ0n) is 12.2. The van der Waals surface area contributed by atoms with E-state index in [1.54, 1.807) is 26.6 Å². The van der Waals surface area contributed by atoms with Gasteiger partial charge in [-0.1, -0.05) is 0 Å². The van der Waals surface area contributed by atoms with Gasteiger partial charge in [0.1, 0.15) is 6.23 Å². The van der Waals surface area contributed by atoms with Gasteiger partial charge in [-0.25, -0.2) is 4.98 Å². The Kier molecular flexibility index (Phi) is 7.86. The molecule has 0 spiro atoms. The van der Waals surface area contributed by atoms with E-state index in [9.17, 15) is 9.90 Å². The van der Waals surface area contributed by atoms with Crippen LogP contribution in [0.1, 0.15) is 18.5 Å². The second-order valence-corrected chi connectivity index (χ2v) is 4.68. The molecule has 0 aliphatic rings. The van der Waals surface area contributed by atoms with Crippen LogP contribution >= 0.6 is 0 Å². The topological polar surface area (TPSA) is 93.3 Å². The predicted molar refractivity (Wildman–Crippen MR) is 77.1 cm³/mol. The largest absolute Gasteiger partial charge is 0.379 e. The predicted octanol–water partition coefficient (Wildman–Crippen LogP) is -0.682. The molecule has 114 valence electrons. The van der Waals surface area contributed by atoms with Crippen molar-refractivity contribution in [3.05, 3.63) is 18.2 Å². The number of aromatic nitrogens is 2. The van der Waals surface area contributed by atoms with E-state index >= 15 is 0 Å². The summed E-state index contributed by atoms with van der Waals surface area (Å²) in [6.07, 6.45) is 4.91. The number of H-pyrrole nitrogens is 1. The van der Waals surface area contributed by atoms with E-state index in [4.69, 9.17) is 0 Å². The molecule has 1 aromatic rings. The molecule has 0 radical (unpaired) electrons. The zero-order valence-corrected chi connectivity index (χ0v) is 12.2. The normalized spacial score (nSPS) is 12.6. The maximum Gasteiger partial charge on any atom is 0.221 e. The van der Waals surface area contributed by atoms with Crippen molar-refractivity contribution in [2.45, 2.75) is 25.5 Å². The minimum atomic E-state index is -0.510. The van der Waals surface area contributed by atoms with Gasteiger partial charge in [-0.15, -0.1) is 0 Å². The lowest BCUT2D eigenvalue weighted by atomic mass is 10.2. The summed E-state index contributed by atoms with van der Waals surface area (Å²) in [5.41, 5.74) is 1.07. The Labute approximate surface area is 119 Å². The molecule has 0 fully saturated rings. The quantitative estimate of drug-likeness (QED) is 0.427. The molecule has 4 N–H and O–H groups in total.